The van der Waals surface area contributed by atoms with Crippen molar-refractivity contribution in [2.45, 2.75) is 77.4 Å². The molecule has 190 valence electrons. The number of benzene rings is 1. The highest BCUT2D eigenvalue weighted by atomic mass is 19.1. The highest BCUT2D eigenvalue weighted by Crippen LogP contribution is 2.47. The first-order chi connectivity index (χ1) is 16.7. The summed E-state index contributed by atoms with van der Waals surface area (Å²) in [5, 5.41) is 30.8. The van der Waals surface area contributed by atoms with Gasteiger partial charge in [0.25, 0.3) is 0 Å². The Kier molecular flexibility index (Phi) is 7.77. The van der Waals surface area contributed by atoms with Crippen LogP contribution in [0.1, 0.15) is 70.8 Å². The van der Waals surface area contributed by atoms with Gasteiger partial charge in [-0.2, -0.15) is 0 Å². The number of phenolic OH excluding ortho intramolecular Hbond substituents is 1. The summed E-state index contributed by atoms with van der Waals surface area (Å²) < 4.78 is 13.6. The van der Waals surface area contributed by atoms with Gasteiger partial charge >= 0.3 is 0 Å². The van der Waals surface area contributed by atoms with Crippen LogP contribution in [-0.2, 0) is 9.59 Å². The largest absolute Gasteiger partial charge is 0.505 e. The van der Waals surface area contributed by atoms with Crippen LogP contribution in [0.5, 0.6) is 5.75 Å². The minimum atomic E-state index is -0.848. The molecule has 2 amide bonds. The Bertz CT molecular complexity index is 1040. The number of phenols is 1. The summed E-state index contributed by atoms with van der Waals surface area (Å²) >= 11 is 0. The molecule has 2 aliphatic carbocycles. The van der Waals surface area contributed by atoms with Crippen molar-refractivity contribution in [2.75, 3.05) is 6.61 Å². The van der Waals surface area contributed by atoms with Gasteiger partial charge in [-0.3, -0.25) is 14.5 Å². The Hall–Kier alpha value is -2.51. The quantitative estimate of drug-likeness (QED) is 0.394. The first-order valence-corrected chi connectivity index (χ1v) is 12.7. The number of nitrogens with zero attached hydrogens (tertiary/aromatic N) is 1. The van der Waals surface area contributed by atoms with Crippen LogP contribution < -0.4 is 0 Å². The van der Waals surface area contributed by atoms with Gasteiger partial charge in [0.1, 0.15) is 0 Å². The standard InChI is InChI=1S/C28H36FNO5/c1-16(12-18-9-11-23(32)22(29)14-18)8-10-24(33)25-17(2)13-20-26(21(25)15-31)28(35)30(27(20)34)19-6-4-3-5-7-19/h9,11-12,14,19-21,24,26,31-33H,3-8,10,13,15H2,1-2H3/b16-12+/t20-,21+,24-,26-/m1/s1. The number of carbonyl (C=O) groups is 2. The molecule has 3 aliphatic rings. The molecule has 0 bridgehead atoms. The van der Waals surface area contributed by atoms with Crippen molar-refractivity contribution in [3.05, 3.63) is 46.3 Å². The van der Waals surface area contributed by atoms with Gasteiger partial charge < -0.3 is 15.3 Å². The molecule has 2 fully saturated rings. The first-order valence-electron chi connectivity index (χ1n) is 12.7. The third kappa shape index (κ3) is 5.07. The average Bonchev–Trinajstić information content (AvgIpc) is 3.08. The number of rotatable bonds is 7. The topological polar surface area (TPSA) is 98.1 Å². The van der Waals surface area contributed by atoms with E-state index in [9.17, 15) is 29.3 Å². The molecule has 1 heterocycles. The Labute approximate surface area is 206 Å². The van der Waals surface area contributed by atoms with Crippen molar-refractivity contribution in [2.24, 2.45) is 17.8 Å². The number of likely N-dealkylation sites (tertiary alicyclic amines) is 1. The summed E-state index contributed by atoms with van der Waals surface area (Å²) in [5.74, 6) is -3.02. The smallest absolute Gasteiger partial charge is 0.234 e. The maximum absolute atomic E-state index is 13.6. The number of hydrogen-bond acceptors (Lipinski definition) is 5. The van der Waals surface area contributed by atoms with Gasteiger partial charge in [-0.05, 0) is 69.2 Å². The van der Waals surface area contributed by atoms with Crippen LogP contribution >= 0.6 is 0 Å². The molecule has 7 heteroatoms. The maximum Gasteiger partial charge on any atom is 0.234 e. The molecule has 4 rings (SSSR count). The SMILES string of the molecule is CC1=C([C@H](O)CC/C(C)=C/c2ccc(O)c(F)c2)[C@H](CO)[C@@H]2C(=O)N(C3CCCCC3)C(=O)[C@@H]2C1. The van der Waals surface area contributed by atoms with Gasteiger partial charge in [-0.1, -0.05) is 42.6 Å². The zero-order chi connectivity index (χ0) is 25.3. The summed E-state index contributed by atoms with van der Waals surface area (Å²) in [6.07, 6.45) is 7.17. The molecule has 1 aliphatic heterocycles. The number of carbonyl (C=O) groups excluding carboxylic acids is 2. The van der Waals surface area contributed by atoms with Crippen LogP contribution in [0.3, 0.4) is 0 Å². The van der Waals surface area contributed by atoms with Crippen molar-refractivity contribution < 1.29 is 29.3 Å². The highest BCUT2D eigenvalue weighted by molar-refractivity contribution is 6.06. The van der Waals surface area contributed by atoms with E-state index < -0.39 is 35.4 Å². The molecule has 1 aromatic carbocycles. The second kappa shape index (κ2) is 10.6. The lowest BCUT2D eigenvalue weighted by Gasteiger charge is -2.35. The summed E-state index contributed by atoms with van der Waals surface area (Å²) in [6, 6.07) is 4.14. The van der Waals surface area contributed by atoms with Crippen LogP contribution in [0.15, 0.2) is 34.9 Å². The Balaban J connectivity index is 1.48. The van der Waals surface area contributed by atoms with E-state index in [-0.39, 0.29) is 24.5 Å². The Morgan fingerprint density at radius 2 is 1.91 bits per heavy atom. The summed E-state index contributed by atoms with van der Waals surface area (Å²) in [6.45, 7) is 3.49. The van der Waals surface area contributed by atoms with E-state index in [1.54, 1.807) is 12.1 Å². The van der Waals surface area contributed by atoms with E-state index in [4.69, 9.17) is 0 Å². The average molecular weight is 486 g/mol. The normalized spacial score (nSPS) is 26.9. The molecular weight excluding hydrogens is 449 g/mol. The fourth-order valence-corrected chi connectivity index (χ4v) is 6.33. The monoisotopic (exact) mass is 485 g/mol. The minimum Gasteiger partial charge on any atom is -0.505 e. The fourth-order valence-electron chi connectivity index (χ4n) is 6.33. The Morgan fingerprint density at radius 3 is 2.57 bits per heavy atom. The predicted octanol–water partition coefficient (Wildman–Crippen LogP) is 4.34. The number of halogens is 1. The molecule has 0 aromatic heterocycles. The lowest BCUT2D eigenvalue weighted by Crippen LogP contribution is -2.42. The number of aliphatic hydroxyl groups excluding tert-OH is 2. The van der Waals surface area contributed by atoms with Gasteiger partial charge in [0.15, 0.2) is 11.6 Å². The molecule has 1 aromatic rings. The third-order valence-electron chi connectivity index (χ3n) is 8.06. The zero-order valence-corrected chi connectivity index (χ0v) is 20.5. The molecule has 4 atom stereocenters. The van der Waals surface area contributed by atoms with Gasteiger partial charge in [0.05, 0.1) is 24.5 Å². The molecule has 1 saturated heterocycles. The van der Waals surface area contributed by atoms with Gasteiger partial charge in [0.2, 0.25) is 11.8 Å². The van der Waals surface area contributed by atoms with E-state index in [2.05, 4.69) is 0 Å². The lowest BCUT2D eigenvalue weighted by molar-refractivity contribution is -0.143. The second-order valence-corrected chi connectivity index (χ2v) is 10.5. The maximum atomic E-state index is 13.6. The predicted molar refractivity (Wildman–Crippen MR) is 131 cm³/mol. The number of aliphatic hydroxyl groups is 2. The van der Waals surface area contributed by atoms with Gasteiger partial charge in [-0.15, -0.1) is 0 Å². The van der Waals surface area contributed by atoms with Crippen LogP contribution in [0.2, 0.25) is 0 Å². The molecular formula is C28H36FNO5. The molecule has 35 heavy (non-hydrogen) atoms. The van der Waals surface area contributed by atoms with Crippen molar-refractivity contribution in [3.8, 4) is 5.75 Å². The summed E-state index contributed by atoms with van der Waals surface area (Å²) in [7, 11) is 0. The van der Waals surface area contributed by atoms with Crippen LogP contribution in [0.4, 0.5) is 4.39 Å². The molecule has 6 nitrogen and oxygen atoms in total. The number of aromatic hydroxyl groups is 1. The third-order valence-corrected chi connectivity index (χ3v) is 8.06. The van der Waals surface area contributed by atoms with Crippen molar-refractivity contribution in [3.63, 3.8) is 0 Å². The molecule has 3 N–H and O–H groups in total. The number of amides is 2. The minimum absolute atomic E-state index is 0.0418. The van der Waals surface area contributed by atoms with Crippen LogP contribution in [-0.4, -0.2) is 50.8 Å². The highest BCUT2D eigenvalue weighted by Gasteiger charge is 2.55. The summed E-state index contributed by atoms with van der Waals surface area (Å²) in [5.41, 5.74) is 3.11. The van der Waals surface area contributed by atoms with Crippen molar-refractivity contribution >= 4 is 17.9 Å². The lowest BCUT2D eigenvalue weighted by atomic mass is 9.68. The molecule has 0 unspecified atom stereocenters. The number of fused-ring (bicyclic) bond motifs is 1. The van der Waals surface area contributed by atoms with E-state index in [1.165, 1.54) is 17.0 Å². The fraction of sp³-hybridized carbons (Fsp3) is 0.571. The van der Waals surface area contributed by atoms with E-state index in [0.717, 1.165) is 43.3 Å². The van der Waals surface area contributed by atoms with Crippen LogP contribution in [0.25, 0.3) is 6.08 Å². The van der Waals surface area contributed by atoms with Crippen molar-refractivity contribution in [1.29, 1.82) is 0 Å². The second-order valence-electron chi connectivity index (χ2n) is 10.5. The number of hydrogen-bond donors (Lipinski definition) is 3. The van der Waals surface area contributed by atoms with E-state index in [0.29, 0.717) is 30.4 Å². The molecule has 0 spiro atoms. The number of imide groups is 1. The van der Waals surface area contributed by atoms with E-state index >= 15 is 0 Å². The van der Waals surface area contributed by atoms with E-state index in [1.807, 2.05) is 13.8 Å². The first kappa shape index (κ1) is 25.6. The van der Waals surface area contributed by atoms with Gasteiger partial charge in [-0.25, -0.2) is 4.39 Å². The summed E-state index contributed by atoms with van der Waals surface area (Å²) in [4.78, 5) is 28.2. The zero-order valence-electron chi connectivity index (χ0n) is 20.5. The van der Waals surface area contributed by atoms with Gasteiger partial charge in [0, 0.05) is 12.0 Å². The van der Waals surface area contributed by atoms with Crippen molar-refractivity contribution in [1.82, 2.24) is 4.90 Å². The number of allylic oxidation sites excluding steroid dienone is 2. The van der Waals surface area contributed by atoms with Crippen LogP contribution in [0, 0.1) is 23.6 Å². The molecule has 0 radical (unpaired) electrons. The molecule has 1 saturated carbocycles. The Morgan fingerprint density at radius 1 is 1.20 bits per heavy atom.